The highest BCUT2D eigenvalue weighted by Crippen LogP contribution is 2.08. The Hall–Kier alpha value is -2.29. The van der Waals surface area contributed by atoms with Crippen LogP contribution in [0.15, 0.2) is 11.8 Å². The molecule has 0 bridgehead atoms. The number of nitrogens with one attached hydrogen (secondary N) is 4. The van der Waals surface area contributed by atoms with Crippen LogP contribution in [0.25, 0.3) is 0 Å². The molecule has 0 spiro atoms. The predicted molar refractivity (Wildman–Crippen MR) is 109 cm³/mol. The van der Waals surface area contributed by atoms with Crippen molar-refractivity contribution in [2.24, 2.45) is 5.73 Å². The molecular weight excluding hydrogens is 362 g/mol. The van der Waals surface area contributed by atoms with Crippen LogP contribution < -0.4 is 27.0 Å². The first-order valence-electron chi connectivity index (χ1n) is 9.65. The molecule has 3 atom stereocenters. The zero-order valence-corrected chi connectivity index (χ0v) is 18.1. The van der Waals surface area contributed by atoms with Crippen molar-refractivity contribution >= 4 is 17.9 Å². The molecule has 0 fully saturated rings. The maximum atomic E-state index is 12.4. The van der Waals surface area contributed by atoms with E-state index in [0.717, 1.165) is 6.42 Å². The summed E-state index contributed by atoms with van der Waals surface area (Å²) < 4.78 is 5.26. The van der Waals surface area contributed by atoms with Crippen LogP contribution in [0.4, 0.5) is 4.79 Å². The zero-order valence-electron chi connectivity index (χ0n) is 18.1. The summed E-state index contributed by atoms with van der Waals surface area (Å²) in [5.41, 5.74) is 5.44. The second kappa shape index (κ2) is 12.2. The van der Waals surface area contributed by atoms with Gasteiger partial charge in [-0.2, -0.15) is 0 Å². The lowest BCUT2D eigenvalue weighted by Gasteiger charge is -2.26. The second-order valence-corrected chi connectivity index (χ2v) is 7.61. The van der Waals surface area contributed by atoms with E-state index in [2.05, 4.69) is 21.3 Å². The Bertz CT molecular complexity index is 557. The van der Waals surface area contributed by atoms with Gasteiger partial charge in [0.2, 0.25) is 11.8 Å². The van der Waals surface area contributed by atoms with Crippen molar-refractivity contribution < 1.29 is 19.1 Å². The van der Waals surface area contributed by atoms with Gasteiger partial charge >= 0.3 is 6.09 Å². The van der Waals surface area contributed by atoms with Crippen molar-refractivity contribution in [1.82, 2.24) is 21.3 Å². The third-order valence-electron chi connectivity index (χ3n) is 3.60. The maximum absolute atomic E-state index is 12.4. The maximum Gasteiger partial charge on any atom is 0.408 e. The van der Waals surface area contributed by atoms with E-state index in [1.807, 2.05) is 13.0 Å². The first-order valence-corrected chi connectivity index (χ1v) is 9.65. The van der Waals surface area contributed by atoms with Crippen LogP contribution in [0.5, 0.6) is 0 Å². The molecule has 9 nitrogen and oxygen atoms in total. The molecule has 162 valence electrons. The average Bonchev–Trinajstić information content (AvgIpc) is 2.56. The molecule has 3 unspecified atom stereocenters. The molecule has 0 aliphatic carbocycles. The van der Waals surface area contributed by atoms with Crippen molar-refractivity contribution in [3.63, 3.8) is 0 Å². The fourth-order valence-corrected chi connectivity index (χ4v) is 2.21. The number of carbonyl (C=O) groups excluding carboxylic acids is 3. The van der Waals surface area contributed by atoms with Gasteiger partial charge in [0, 0.05) is 18.8 Å². The number of nitrogens with two attached hydrogens (primary N) is 1. The van der Waals surface area contributed by atoms with Gasteiger partial charge in [0.25, 0.3) is 0 Å². The molecule has 3 amide bonds. The van der Waals surface area contributed by atoms with Gasteiger partial charge in [-0.25, -0.2) is 4.79 Å². The first-order chi connectivity index (χ1) is 12.9. The van der Waals surface area contributed by atoms with Gasteiger partial charge in [-0.3, -0.25) is 9.59 Å². The van der Waals surface area contributed by atoms with Crippen molar-refractivity contribution in [2.45, 2.75) is 78.6 Å². The summed E-state index contributed by atoms with van der Waals surface area (Å²) in [7, 11) is 0. The lowest BCUT2D eigenvalue weighted by Crippen LogP contribution is -2.52. The highest BCUT2D eigenvalue weighted by atomic mass is 16.6. The van der Waals surface area contributed by atoms with Crippen LogP contribution in [0.2, 0.25) is 0 Å². The number of allylic oxidation sites excluding steroid dienone is 1. The Morgan fingerprint density at radius 1 is 0.964 bits per heavy atom. The quantitative estimate of drug-likeness (QED) is 0.368. The van der Waals surface area contributed by atoms with Crippen molar-refractivity contribution in [1.29, 1.82) is 0 Å². The number of amides is 3. The largest absolute Gasteiger partial charge is 0.444 e. The molecule has 0 aliphatic heterocycles. The molecule has 0 rings (SSSR count). The first kappa shape index (κ1) is 25.7. The van der Waals surface area contributed by atoms with Crippen LogP contribution >= 0.6 is 0 Å². The van der Waals surface area contributed by atoms with E-state index in [1.165, 1.54) is 0 Å². The van der Waals surface area contributed by atoms with E-state index in [4.69, 9.17) is 10.5 Å². The monoisotopic (exact) mass is 399 g/mol. The van der Waals surface area contributed by atoms with Crippen LogP contribution in [-0.2, 0) is 14.3 Å². The van der Waals surface area contributed by atoms with Crippen molar-refractivity contribution in [2.75, 3.05) is 13.1 Å². The van der Waals surface area contributed by atoms with E-state index in [0.29, 0.717) is 18.8 Å². The van der Waals surface area contributed by atoms with Gasteiger partial charge < -0.3 is 31.7 Å². The summed E-state index contributed by atoms with van der Waals surface area (Å²) >= 11 is 0. The van der Waals surface area contributed by atoms with Gasteiger partial charge in [0.1, 0.15) is 17.7 Å². The van der Waals surface area contributed by atoms with Gasteiger partial charge in [-0.05, 0) is 48.0 Å². The molecule has 0 heterocycles. The van der Waals surface area contributed by atoms with E-state index in [1.54, 1.807) is 41.5 Å². The van der Waals surface area contributed by atoms with Gasteiger partial charge in [0.15, 0.2) is 0 Å². The fourth-order valence-electron chi connectivity index (χ4n) is 2.21. The van der Waals surface area contributed by atoms with Crippen LogP contribution in [-0.4, -0.2) is 54.7 Å². The Morgan fingerprint density at radius 2 is 1.54 bits per heavy atom. The average molecular weight is 400 g/mol. The standard InChI is InChI=1S/C19H37N5O4/c1-8-9-15(12(2)24-18(27)28-19(5,6)7)22-14(4)17(26)23-13(3)16(25)21-11-10-20/h9,12-14,22H,8,10-11,20H2,1-7H3,(H,21,25)(H,23,26)(H,24,27)/b15-9+. The molecule has 6 N–H and O–H groups in total. The van der Waals surface area contributed by atoms with E-state index in [-0.39, 0.29) is 17.9 Å². The SMILES string of the molecule is CC/C=C(/NC(C)C(=O)NC(C)C(=O)NCCN)C(C)NC(=O)OC(C)(C)C. The highest BCUT2D eigenvalue weighted by molar-refractivity contribution is 5.89. The second-order valence-electron chi connectivity index (χ2n) is 7.61. The Morgan fingerprint density at radius 3 is 2.04 bits per heavy atom. The molecule has 0 saturated heterocycles. The lowest BCUT2D eigenvalue weighted by atomic mass is 10.1. The molecular formula is C19H37N5O4. The summed E-state index contributed by atoms with van der Waals surface area (Å²) in [5, 5.41) is 11.1. The van der Waals surface area contributed by atoms with Gasteiger partial charge in [-0.15, -0.1) is 0 Å². The number of carbonyl (C=O) groups is 3. The minimum atomic E-state index is -0.681. The van der Waals surface area contributed by atoms with Crippen molar-refractivity contribution in [3.8, 4) is 0 Å². The molecule has 28 heavy (non-hydrogen) atoms. The number of hydrogen-bond donors (Lipinski definition) is 5. The summed E-state index contributed by atoms with van der Waals surface area (Å²) in [6, 6.07) is -1.67. The molecule has 0 aromatic carbocycles. The van der Waals surface area contributed by atoms with Gasteiger partial charge in [-0.1, -0.05) is 13.0 Å². The van der Waals surface area contributed by atoms with Crippen LogP contribution in [0.3, 0.4) is 0 Å². The summed E-state index contributed by atoms with van der Waals surface area (Å²) in [5.74, 6) is -0.628. The van der Waals surface area contributed by atoms with Crippen LogP contribution in [0, 0.1) is 0 Å². The molecule has 0 radical (unpaired) electrons. The zero-order chi connectivity index (χ0) is 21.9. The Labute approximate surface area is 168 Å². The minimum Gasteiger partial charge on any atom is -0.444 e. The molecule has 9 heteroatoms. The topological polar surface area (TPSA) is 135 Å². The number of alkyl carbamates (subject to hydrolysis) is 1. The number of rotatable bonds is 10. The van der Waals surface area contributed by atoms with E-state index < -0.39 is 23.8 Å². The summed E-state index contributed by atoms with van der Waals surface area (Å²) in [6.45, 7) is 13.1. The number of ether oxygens (including phenoxy) is 1. The van der Waals surface area contributed by atoms with Crippen molar-refractivity contribution in [3.05, 3.63) is 11.8 Å². The molecule has 0 aliphatic rings. The third kappa shape index (κ3) is 10.8. The minimum absolute atomic E-state index is 0.296. The summed E-state index contributed by atoms with van der Waals surface area (Å²) in [6.07, 6.45) is 2.07. The Balaban J connectivity index is 4.81. The number of hydrogen-bond acceptors (Lipinski definition) is 6. The Kier molecular flexibility index (Phi) is 11.2. The van der Waals surface area contributed by atoms with E-state index in [9.17, 15) is 14.4 Å². The molecule has 0 aromatic rings. The smallest absolute Gasteiger partial charge is 0.408 e. The normalized spacial score (nSPS) is 15.1. The van der Waals surface area contributed by atoms with Gasteiger partial charge in [0.05, 0.1) is 6.04 Å². The third-order valence-corrected chi connectivity index (χ3v) is 3.60. The highest BCUT2D eigenvalue weighted by Gasteiger charge is 2.23. The molecule has 0 saturated carbocycles. The fraction of sp³-hybridized carbons (Fsp3) is 0.737. The summed E-state index contributed by atoms with van der Waals surface area (Å²) in [4.78, 5) is 36.2. The van der Waals surface area contributed by atoms with Crippen LogP contribution in [0.1, 0.15) is 54.9 Å². The van der Waals surface area contributed by atoms with E-state index >= 15 is 0 Å². The lowest BCUT2D eigenvalue weighted by molar-refractivity contribution is -0.129. The molecule has 0 aromatic heterocycles. The predicted octanol–water partition coefficient (Wildman–Crippen LogP) is 0.751.